The maximum atomic E-state index is 12.7. The van der Waals surface area contributed by atoms with Gasteiger partial charge in [0.25, 0.3) is 0 Å². The van der Waals surface area contributed by atoms with Crippen molar-refractivity contribution in [1.82, 2.24) is 5.32 Å². The summed E-state index contributed by atoms with van der Waals surface area (Å²) in [5, 5.41) is 3.49. The zero-order valence-corrected chi connectivity index (χ0v) is 16.3. The molecule has 1 unspecified atom stereocenters. The molecule has 2 aromatic carbocycles. The van der Waals surface area contributed by atoms with Crippen LogP contribution in [0.1, 0.15) is 39.2 Å². The molecule has 2 aliphatic rings. The standard InChI is InChI=1S/C21H23NO6/c1-24-14-6-5-12-17(20(14)27-4)21(23)28-19(12)18-13-10-16(26-3)15(25-2)9-11(13)7-8-22-18/h5-6,9-10,18-19,22H,7-8H2,1-4H3/t18-,19?/m1/s1. The Morgan fingerprint density at radius 2 is 1.64 bits per heavy atom. The highest BCUT2D eigenvalue weighted by Crippen LogP contribution is 2.48. The number of esters is 1. The van der Waals surface area contributed by atoms with Gasteiger partial charge in [-0.3, -0.25) is 0 Å². The Morgan fingerprint density at radius 3 is 2.32 bits per heavy atom. The highest BCUT2D eigenvalue weighted by atomic mass is 16.6. The van der Waals surface area contributed by atoms with Crippen LogP contribution in [0.15, 0.2) is 24.3 Å². The van der Waals surface area contributed by atoms with Crippen LogP contribution < -0.4 is 24.3 Å². The summed E-state index contributed by atoms with van der Waals surface area (Å²) in [4.78, 5) is 12.7. The quantitative estimate of drug-likeness (QED) is 0.793. The molecule has 0 aliphatic carbocycles. The smallest absolute Gasteiger partial charge is 0.343 e. The van der Waals surface area contributed by atoms with E-state index in [0.29, 0.717) is 28.6 Å². The Labute approximate surface area is 163 Å². The normalized spacial score (nSPS) is 20.1. The largest absolute Gasteiger partial charge is 0.493 e. The molecule has 0 spiro atoms. The molecule has 0 aromatic heterocycles. The van der Waals surface area contributed by atoms with Crippen molar-refractivity contribution in [2.24, 2.45) is 0 Å². The number of cyclic esters (lactones) is 1. The molecule has 7 nitrogen and oxygen atoms in total. The summed E-state index contributed by atoms with van der Waals surface area (Å²) < 4.78 is 27.5. The summed E-state index contributed by atoms with van der Waals surface area (Å²) >= 11 is 0. The molecule has 0 amide bonds. The number of benzene rings is 2. The van der Waals surface area contributed by atoms with Crippen molar-refractivity contribution in [2.75, 3.05) is 35.0 Å². The van der Waals surface area contributed by atoms with Gasteiger partial charge in [0.05, 0.1) is 34.5 Å². The summed E-state index contributed by atoms with van der Waals surface area (Å²) in [6, 6.07) is 7.41. The van der Waals surface area contributed by atoms with Crippen LogP contribution in [-0.2, 0) is 11.2 Å². The molecule has 0 bridgehead atoms. The summed E-state index contributed by atoms with van der Waals surface area (Å²) in [6.45, 7) is 0.768. The summed E-state index contributed by atoms with van der Waals surface area (Å²) in [6.07, 6.45) is 0.380. The third kappa shape index (κ3) is 2.74. The third-order valence-electron chi connectivity index (χ3n) is 5.36. The second kappa shape index (κ2) is 7.24. The SMILES string of the molecule is COc1cc2c(cc1OC)[C@H](C1OC(=O)c3c1ccc(OC)c3OC)NCC2. The van der Waals surface area contributed by atoms with Crippen molar-refractivity contribution in [3.8, 4) is 23.0 Å². The van der Waals surface area contributed by atoms with E-state index in [1.807, 2.05) is 18.2 Å². The van der Waals surface area contributed by atoms with E-state index in [0.717, 1.165) is 29.7 Å². The number of nitrogens with one attached hydrogen (secondary N) is 1. The first-order valence-corrected chi connectivity index (χ1v) is 9.07. The second-order valence-electron chi connectivity index (χ2n) is 6.68. The number of carbonyl (C=O) groups is 1. The van der Waals surface area contributed by atoms with E-state index in [-0.39, 0.29) is 6.04 Å². The number of rotatable bonds is 5. The number of methoxy groups -OCH3 is 4. The molecule has 7 heteroatoms. The minimum atomic E-state index is -0.473. The van der Waals surface area contributed by atoms with Gasteiger partial charge in [0, 0.05) is 5.56 Å². The first-order valence-electron chi connectivity index (χ1n) is 9.07. The minimum absolute atomic E-state index is 0.202. The number of hydrogen-bond acceptors (Lipinski definition) is 7. The van der Waals surface area contributed by atoms with Gasteiger partial charge in [0.15, 0.2) is 23.0 Å². The number of carbonyl (C=O) groups excluding carboxylic acids is 1. The first kappa shape index (κ1) is 18.4. The van der Waals surface area contributed by atoms with Crippen molar-refractivity contribution < 1.29 is 28.5 Å². The monoisotopic (exact) mass is 385 g/mol. The Morgan fingerprint density at radius 1 is 0.929 bits per heavy atom. The molecule has 1 N–H and O–H groups in total. The Hall–Kier alpha value is -2.93. The van der Waals surface area contributed by atoms with Crippen molar-refractivity contribution in [2.45, 2.75) is 18.6 Å². The molecular weight excluding hydrogens is 362 g/mol. The molecule has 0 saturated carbocycles. The van der Waals surface area contributed by atoms with Crippen molar-refractivity contribution >= 4 is 5.97 Å². The summed E-state index contributed by atoms with van der Waals surface area (Å²) in [7, 11) is 6.29. The van der Waals surface area contributed by atoms with E-state index < -0.39 is 12.1 Å². The Bertz CT molecular complexity index is 926. The van der Waals surface area contributed by atoms with Gasteiger partial charge in [0.1, 0.15) is 11.7 Å². The second-order valence-corrected chi connectivity index (χ2v) is 6.68. The van der Waals surface area contributed by atoms with Crippen LogP contribution in [0.5, 0.6) is 23.0 Å². The van der Waals surface area contributed by atoms with Crippen LogP contribution in [0, 0.1) is 0 Å². The maximum Gasteiger partial charge on any atom is 0.343 e. The molecule has 0 saturated heterocycles. The van der Waals surface area contributed by atoms with Crippen LogP contribution in [0.25, 0.3) is 0 Å². The van der Waals surface area contributed by atoms with Crippen LogP contribution in [-0.4, -0.2) is 41.0 Å². The lowest BCUT2D eigenvalue weighted by molar-refractivity contribution is 0.0284. The Balaban J connectivity index is 1.81. The predicted molar refractivity (Wildman–Crippen MR) is 102 cm³/mol. The first-order chi connectivity index (χ1) is 13.6. The summed E-state index contributed by atoms with van der Waals surface area (Å²) in [5.74, 6) is 1.83. The number of ether oxygens (including phenoxy) is 5. The van der Waals surface area contributed by atoms with Gasteiger partial charge in [-0.25, -0.2) is 4.79 Å². The Kier molecular flexibility index (Phi) is 4.77. The molecule has 148 valence electrons. The minimum Gasteiger partial charge on any atom is -0.493 e. The molecule has 0 radical (unpaired) electrons. The van der Waals surface area contributed by atoms with Gasteiger partial charge in [-0.05, 0) is 42.3 Å². The van der Waals surface area contributed by atoms with Crippen LogP contribution >= 0.6 is 0 Å². The average Bonchev–Trinajstić information content (AvgIpc) is 3.07. The van der Waals surface area contributed by atoms with E-state index in [1.165, 1.54) is 7.11 Å². The lowest BCUT2D eigenvalue weighted by Gasteiger charge is -2.31. The topological polar surface area (TPSA) is 75.3 Å². The molecular formula is C21H23NO6. The predicted octanol–water partition coefficient (Wildman–Crippen LogP) is 2.82. The molecule has 4 rings (SSSR count). The molecule has 2 heterocycles. The molecule has 2 aromatic rings. The fourth-order valence-electron chi connectivity index (χ4n) is 4.06. The van der Waals surface area contributed by atoms with E-state index in [9.17, 15) is 4.79 Å². The maximum absolute atomic E-state index is 12.7. The molecule has 0 fully saturated rings. The zero-order valence-electron chi connectivity index (χ0n) is 16.3. The number of fused-ring (bicyclic) bond motifs is 2. The van der Waals surface area contributed by atoms with Gasteiger partial charge in [-0.1, -0.05) is 6.07 Å². The molecule has 2 aliphatic heterocycles. The highest BCUT2D eigenvalue weighted by molar-refractivity contribution is 5.98. The van der Waals surface area contributed by atoms with E-state index in [2.05, 4.69) is 5.32 Å². The van der Waals surface area contributed by atoms with Crippen LogP contribution in [0.4, 0.5) is 0 Å². The van der Waals surface area contributed by atoms with E-state index in [4.69, 9.17) is 23.7 Å². The lowest BCUT2D eigenvalue weighted by Crippen LogP contribution is -2.34. The lowest BCUT2D eigenvalue weighted by atomic mass is 9.87. The fraction of sp³-hybridized carbons (Fsp3) is 0.381. The van der Waals surface area contributed by atoms with Crippen LogP contribution in [0.2, 0.25) is 0 Å². The van der Waals surface area contributed by atoms with E-state index >= 15 is 0 Å². The van der Waals surface area contributed by atoms with Gasteiger partial charge in [-0.15, -0.1) is 0 Å². The van der Waals surface area contributed by atoms with Crippen molar-refractivity contribution in [3.05, 3.63) is 46.5 Å². The van der Waals surface area contributed by atoms with Gasteiger partial charge in [-0.2, -0.15) is 0 Å². The van der Waals surface area contributed by atoms with E-state index in [1.54, 1.807) is 27.4 Å². The highest BCUT2D eigenvalue weighted by Gasteiger charge is 2.42. The van der Waals surface area contributed by atoms with Gasteiger partial charge in [0.2, 0.25) is 0 Å². The summed E-state index contributed by atoms with van der Waals surface area (Å²) in [5.41, 5.74) is 3.37. The van der Waals surface area contributed by atoms with Crippen LogP contribution in [0.3, 0.4) is 0 Å². The van der Waals surface area contributed by atoms with Crippen molar-refractivity contribution in [1.29, 1.82) is 0 Å². The average molecular weight is 385 g/mol. The van der Waals surface area contributed by atoms with Crippen molar-refractivity contribution in [3.63, 3.8) is 0 Å². The number of hydrogen-bond donors (Lipinski definition) is 1. The third-order valence-corrected chi connectivity index (χ3v) is 5.36. The zero-order chi connectivity index (χ0) is 19.8. The molecule has 2 atom stereocenters. The van der Waals surface area contributed by atoms with Gasteiger partial charge < -0.3 is 29.0 Å². The van der Waals surface area contributed by atoms with Gasteiger partial charge >= 0.3 is 5.97 Å². The fourth-order valence-corrected chi connectivity index (χ4v) is 4.06. The molecule has 28 heavy (non-hydrogen) atoms.